The standard InChI is InChI=1S/C13H13ClFNO4/c1-2-16-10(17)6-20-12(13(18)19)11(16)8-4-3-7(14)5-9(8)15/h3-5,11-12H,2,6H2,1H3,(H,18,19). The second-order valence-electron chi connectivity index (χ2n) is 4.36. The van der Waals surface area contributed by atoms with Crippen LogP contribution in [0.3, 0.4) is 0 Å². The number of carboxylic acids is 1. The van der Waals surface area contributed by atoms with Gasteiger partial charge in [-0.3, -0.25) is 4.79 Å². The molecule has 2 atom stereocenters. The van der Waals surface area contributed by atoms with E-state index in [9.17, 15) is 19.1 Å². The third-order valence-corrected chi connectivity index (χ3v) is 3.43. The van der Waals surface area contributed by atoms with Crippen LogP contribution in [-0.4, -0.2) is 41.1 Å². The minimum Gasteiger partial charge on any atom is -0.479 e. The Bertz CT molecular complexity index is 549. The summed E-state index contributed by atoms with van der Waals surface area (Å²) in [6, 6.07) is 2.91. The topological polar surface area (TPSA) is 66.8 Å². The van der Waals surface area contributed by atoms with Crippen molar-refractivity contribution in [3.8, 4) is 0 Å². The normalized spacial score (nSPS) is 22.9. The van der Waals surface area contributed by atoms with Crippen molar-refractivity contribution in [2.24, 2.45) is 0 Å². The molecule has 2 rings (SSSR count). The predicted octanol–water partition coefficient (Wildman–Crippen LogP) is 1.85. The molecule has 1 aliphatic heterocycles. The number of morpholine rings is 1. The molecule has 1 N–H and O–H groups in total. The van der Waals surface area contributed by atoms with E-state index in [0.29, 0.717) is 0 Å². The number of rotatable bonds is 3. The van der Waals surface area contributed by atoms with Crippen molar-refractivity contribution in [2.45, 2.75) is 19.1 Å². The molecule has 0 radical (unpaired) electrons. The van der Waals surface area contributed by atoms with Gasteiger partial charge in [-0.2, -0.15) is 0 Å². The van der Waals surface area contributed by atoms with Gasteiger partial charge in [-0.1, -0.05) is 17.7 Å². The highest BCUT2D eigenvalue weighted by molar-refractivity contribution is 6.30. The summed E-state index contributed by atoms with van der Waals surface area (Å²) in [5, 5.41) is 9.40. The monoisotopic (exact) mass is 301 g/mol. The fourth-order valence-corrected chi connectivity index (χ4v) is 2.46. The molecular weight excluding hydrogens is 289 g/mol. The lowest BCUT2D eigenvalue weighted by Gasteiger charge is -2.39. The molecule has 1 aromatic rings. The maximum Gasteiger partial charge on any atom is 0.335 e. The summed E-state index contributed by atoms with van der Waals surface area (Å²) in [4.78, 5) is 24.4. The molecule has 108 valence electrons. The number of carbonyl (C=O) groups is 2. The minimum absolute atomic E-state index is 0.0803. The molecule has 1 amide bonds. The lowest BCUT2D eigenvalue weighted by Crippen LogP contribution is -2.51. The fourth-order valence-electron chi connectivity index (χ4n) is 2.31. The Balaban J connectivity index is 2.49. The molecule has 1 heterocycles. The van der Waals surface area contributed by atoms with Gasteiger partial charge in [0.2, 0.25) is 5.91 Å². The highest BCUT2D eigenvalue weighted by Crippen LogP contribution is 2.32. The first-order valence-corrected chi connectivity index (χ1v) is 6.42. The molecule has 7 heteroatoms. The van der Waals surface area contributed by atoms with Crippen molar-refractivity contribution >= 4 is 23.5 Å². The Hall–Kier alpha value is -1.66. The van der Waals surface area contributed by atoms with Crippen LogP contribution in [0.5, 0.6) is 0 Å². The van der Waals surface area contributed by atoms with Crippen LogP contribution < -0.4 is 0 Å². The van der Waals surface area contributed by atoms with E-state index >= 15 is 0 Å². The molecule has 1 saturated heterocycles. The van der Waals surface area contributed by atoms with Crippen LogP contribution in [0, 0.1) is 5.82 Å². The van der Waals surface area contributed by atoms with Gasteiger partial charge in [-0.05, 0) is 19.1 Å². The van der Waals surface area contributed by atoms with Gasteiger partial charge in [0.15, 0.2) is 6.10 Å². The number of halogens is 2. The van der Waals surface area contributed by atoms with Crippen LogP contribution in [0.2, 0.25) is 5.02 Å². The maximum atomic E-state index is 14.0. The first-order valence-electron chi connectivity index (χ1n) is 6.04. The van der Waals surface area contributed by atoms with Crippen LogP contribution in [-0.2, 0) is 14.3 Å². The quantitative estimate of drug-likeness (QED) is 0.925. The van der Waals surface area contributed by atoms with Gasteiger partial charge in [0.05, 0.1) is 6.04 Å². The molecular formula is C13H13ClFNO4. The van der Waals surface area contributed by atoms with Gasteiger partial charge in [-0.15, -0.1) is 0 Å². The second kappa shape index (κ2) is 5.76. The molecule has 0 aromatic heterocycles. The number of benzene rings is 1. The Morgan fingerprint density at radius 2 is 2.30 bits per heavy atom. The summed E-state index contributed by atoms with van der Waals surface area (Å²) in [6.45, 7) is 1.64. The highest BCUT2D eigenvalue weighted by atomic mass is 35.5. The molecule has 0 bridgehead atoms. The maximum absolute atomic E-state index is 14.0. The summed E-state index contributed by atoms with van der Waals surface area (Å²) in [5.41, 5.74) is 0.0803. The smallest absolute Gasteiger partial charge is 0.335 e. The number of hydrogen-bond acceptors (Lipinski definition) is 3. The number of likely N-dealkylation sites (N-methyl/N-ethyl adjacent to an activating group) is 1. The SMILES string of the molecule is CCN1C(=O)COC(C(=O)O)C1c1ccc(Cl)cc1F. The highest BCUT2D eigenvalue weighted by Gasteiger charge is 2.42. The van der Waals surface area contributed by atoms with E-state index < -0.39 is 23.9 Å². The predicted molar refractivity (Wildman–Crippen MR) is 68.9 cm³/mol. The van der Waals surface area contributed by atoms with Gasteiger partial charge in [0, 0.05) is 17.1 Å². The van der Waals surface area contributed by atoms with Crippen molar-refractivity contribution < 1.29 is 23.8 Å². The van der Waals surface area contributed by atoms with Crippen LogP contribution in [0.25, 0.3) is 0 Å². The van der Waals surface area contributed by atoms with E-state index in [1.54, 1.807) is 6.92 Å². The Labute approximate surface area is 119 Å². The van der Waals surface area contributed by atoms with Crippen LogP contribution in [0.4, 0.5) is 4.39 Å². The Morgan fingerprint density at radius 1 is 1.60 bits per heavy atom. The van der Waals surface area contributed by atoms with Gasteiger partial charge in [-0.25, -0.2) is 9.18 Å². The minimum atomic E-state index is -1.30. The number of ether oxygens (including phenoxy) is 1. The largest absolute Gasteiger partial charge is 0.479 e. The molecule has 1 aromatic carbocycles. The molecule has 5 nitrogen and oxygen atoms in total. The van der Waals surface area contributed by atoms with E-state index in [2.05, 4.69) is 0 Å². The average molecular weight is 302 g/mol. The third-order valence-electron chi connectivity index (χ3n) is 3.19. The molecule has 0 saturated carbocycles. The van der Waals surface area contributed by atoms with Crippen LogP contribution >= 0.6 is 11.6 Å². The van der Waals surface area contributed by atoms with Gasteiger partial charge in [0.1, 0.15) is 12.4 Å². The number of carbonyl (C=O) groups excluding carboxylic acids is 1. The lowest BCUT2D eigenvalue weighted by molar-refractivity contribution is -0.173. The van der Waals surface area contributed by atoms with E-state index in [4.69, 9.17) is 16.3 Å². The van der Waals surface area contributed by atoms with Gasteiger partial charge in [0.25, 0.3) is 0 Å². The van der Waals surface area contributed by atoms with Crippen LogP contribution in [0.15, 0.2) is 18.2 Å². The second-order valence-corrected chi connectivity index (χ2v) is 4.80. The molecule has 2 unspecified atom stereocenters. The summed E-state index contributed by atoms with van der Waals surface area (Å²) < 4.78 is 19.1. The zero-order chi connectivity index (χ0) is 14.9. The zero-order valence-electron chi connectivity index (χ0n) is 10.7. The first-order chi connectivity index (χ1) is 9.45. The van der Waals surface area contributed by atoms with Crippen molar-refractivity contribution in [2.75, 3.05) is 13.2 Å². The van der Waals surface area contributed by atoms with Gasteiger partial charge < -0.3 is 14.7 Å². The third kappa shape index (κ3) is 2.62. The van der Waals surface area contributed by atoms with Crippen molar-refractivity contribution in [1.29, 1.82) is 0 Å². The fraction of sp³-hybridized carbons (Fsp3) is 0.385. The van der Waals surface area contributed by atoms with E-state index in [0.717, 1.165) is 6.07 Å². The lowest BCUT2D eigenvalue weighted by atomic mass is 9.97. The van der Waals surface area contributed by atoms with Gasteiger partial charge >= 0.3 is 5.97 Å². The molecule has 1 fully saturated rings. The molecule has 0 spiro atoms. The van der Waals surface area contributed by atoms with Crippen molar-refractivity contribution in [1.82, 2.24) is 4.90 Å². The Morgan fingerprint density at radius 3 is 2.85 bits per heavy atom. The number of hydrogen-bond donors (Lipinski definition) is 1. The van der Waals surface area contributed by atoms with E-state index in [-0.39, 0.29) is 29.6 Å². The Kier molecular flexibility index (Phi) is 4.25. The number of aliphatic carboxylic acids is 1. The molecule has 0 aliphatic carbocycles. The first kappa shape index (κ1) is 14.7. The van der Waals surface area contributed by atoms with Crippen molar-refractivity contribution in [3.05, 3.63) is 34.6 Å². The molecule has 20 heavy (non-hydrogen) atoms. The summed E-state index contributed by atoms with van der Waals surface area (Å²) >= 11 is 5.69. The number of nitrogens with zero attached hydrogens (tertiary/aromatic N) is 1. The average Bonchev–Trinajstić information content (AvgIpc) is 2.38. The van der Waals surface area contributed by atoms with E-state index in [1.807, 2.05) is 0 Å². The van der Waals surface area contributed by atoms with E-state index in [1.165, 1.54) is 17.0 Å². The number of carboxylic acid groups (broad SMARTS) is 1. The summed E-state index contributed by atoms with van der Waals surface area (Å²) in [5.74, 6) is -2.27. The molecule has 1 aliphatic rings. The van der Waals surface area contributed by atoms with Crippen molar-refractivity contribution in [3.63, 3.8) is 0 Å². The zero-order valence-corrected chi connectivity index (χ0v) is 11.4. The summed E-state index contributed by atoms with van der Waals surface area (Å²) in [6.07, 6.45) is -1.30. The number of amides is 1. The van der Waals surface area contributed by atoms with Crippen LogP contribution in [0.1, 0.15) is 18.5 Å². The summed E-state index contributed by atoms with van der Waals surface area (Å²) in [7, 11) is 0.